The standard InChI is InChI=1S/C15H15BrN2O3/c1-2-10-13(16)15(19)18-14(17-10)9-4-5-11-12(8-9)21-7-3-6-20-11/h4-5,8H,2-3,6-7H2,1H3,(H,17,18,19). The van der Waals surface area contributed by atoms with Gasteiger partial charge in [-0.25, -0.2) is 4.98 Å². The maximum Gasteiger partial charge on any atom is 0.265 e. The van der Waals surface area contributed by atoms with E-state index in [2.05, 4.69) is 25.9 Å². The lowest BCUT2D eigenvalue weighted by molar-refractivity contribution is 0.297. The summed E-state index contributed by atoms with van der Waals surface area (Å²) in [5.74, 6) is 1.95. The highest BCUT2D eigenvalue weighted by atomic mass is 79.9. The number of hydrogen-bond acceptors (Lipinski definition) is 4. The summed E-state index contributed by atoms with van der Waals surface area (Å²) in [6, 6.07) is 5.58. The quantitative estimate of drug-likeness (QED) is 0.904. The van der Waals surface area contributed by atoms with Crippen LogP contribution in [-0.4, -0.2) is 23.2 Å². The minimum absolute atomic E-state index is 0.177. The van der Waals surface area contributed by atoms with Gasteiger partial charge in [0.15, 0.2) is 11.5 Å². The molecule has 110 valence electrons. The number of ether oxygens (including phenoxy) is 2. The predicted octanol–water partition coefficient (Wildman–Crippen LogP) is 2.92. The summed E-state index contributed by atoms with van der Waals surface area (Å²) < 4.78 is 11.8. The molecule has 0 unspecified atom stereocenters. The van der Waals surface area contributed by atoms with Crippen LogP contribution in [0.2, 0.25) is 0 Å². The Morgan fingerprint density at radius 1 is 1.29 bits per heavy atom. The predicted molar refractivity (Wildman–Crippen MR) is 83.0 cm³/mol. The summed E-state index contributed by atoms with van der Waals surface area (Å²) in [4.78, 5) is 19.2. The summed E-state index contributed by atoms with van der Waals surface area (Å²) >= 11 is 3.27. The summed E-state index contributed by atoms with van der Waals surface area (Å²) in [5, 5.41) is 0. The Morgan fingerprint density at radius 3 is 2.81 bits per heavy atom. The van der Waals surface area contributed by atoms with E-state index in [0.29, 0.717) is 35.7 Å². The average Bonchev–Trinajstić information content (AvgIpc) is 2.74. The molecule has 5 nitrogen and oxygen atoms in total. The van der Waals surface area contributed by atoms with Crippen molar-refractivity contribution in [2.24, 2.45) is 0 Å². The Balaban J connectivity index is 2.07. The topological polar surface area (TPSA) is 64.2 Å². The monoisotopic (exact) mass is 350 g/mol. The van der Waals surface area contributed by atoms with Gasteiger partial charge in [0, 0.05) is 12.0 Å². The van der Waals surface area contributed by atoms with E-state index in [1.165, 1.54) is 0 Å². The van der Waals surface area contributed by atoms with E-state index >= 15 is 0 Å². The summed E-state index contributed by atoms with van der Waals surface area (Å²) in [6.07, 6.45) is 1.54. The van der Waals surface area contributed by atoms with Gasteiger partial charge < -0.3 is 14.5 Å². The summed E-state index contributed by atoms with van der Waals surface area (Å²) in [6.45, 7) is 3.24. The molecular weight excluding hydrogens is 336 g/mol. The van der Waals surface area contributed by atoms with Gasteiger partial charge in [0.2, 0.25) is 0 Å². The van der Waals surface area contributed by atoms with Crippen LogP contribution in [0.3, 0.4) is 0 Å². The van der Waals surface area contributed by atoms with Gasteiger partial charge in [-0.2, -0.15) is 0 Å². The number of H-pyrrole nitrogens is 1. The number of aryl methyl sites for hydroxylation is 1. The second kappa shape index (κ2) is 5.89. The van der Waals surface area contributed by atoms with Crippen LogP contribution in [0.15, 0.2) is 27.5 Å². The van der Waals surface area contributed by atoms with Crippen molar-refractivity contribution in [1.29, 1.82) is 0 Å². The molecule has 2 aromatic rings. The van der Waals surface area contributed by atoms with Gasteiger partial charge >= 0.3 is 0 Å². The van der Waals surface area contributed by atoms with Gasteiger partial charge in [0.25, 0.3) is 5.56 Å². The molecule has 6 heteroatoms. The van der Waals surface area contributed by atoms with Crippen LogP contribution in [0, 0.1) is 0 Å². The number of benzene rings is 1. The van der Waals surface area contributed by atoms with Crippen LogP contribution in [0.4, 0.5) is 0 Å². The zero-order valence-corrected chi connectivity index (χ0v) is 13.2. The smallest absolute Gasteiger partial charge is 0.265 e. The Bertz CT molecular complexity index is 727. The molecule has 3 rings (SSSR count). The van der Waals surface area contributed by atoms with Crippen molar-refractivity contribution in [3.63, 3.8) is 0 Å². The van der Waals surface area contributed by atoms with Crippen LogP contribution in [0.1, 0.15) is 19.0 Å². The van der Waals surface area contributed by atoms with Crippen LogP contribution in [-0.2, 0) is 6.42 Å². The van der Waals surface area contributed by atoms with Crippen molar-refractivity contribution in [2.45, 2.75) is 19.8 Å². The number of rotatable bonds is 2. The van der Waals surface area contributed by atoms with Crippen LogP contribution in [0.5, 0.6) is 11.5 Å². The number of nitrogens with one attached hydrogen (secondary N) is 1. The number of aromatic nitrogens is 2. The molecule has 1 aliphatic rings. The summed E-state index contributed by atoms with van der Waals surface area (Å²) in [5.41, 5.74) is 1.36. The van der Waals surface area contributed by atoms with E-state index in [4.69, 9.17) is 9.47 Å². The second-order valence-electron chi connectivity index (χ2n) is 4.74. The first-order chi connectivity index (χ1) is 10.2. The van der Waals surface area contributed by atoms with Gasteiger partial charge in [0.1, 0.15) is 10.3 Å². The minimum Gasteiger partial charge on any atom is -0.490 e. The highest BCUT2D eigenvalue weighted by Crippen LogP contribution is 2.33. The number of fused-ring (bicyclic) bond motifs is 1. The Hall–Kier alpha value is -1.82. The highest BCUT2D eigenvalue weighted by Gasteiger charge is 2.14. The molecule has 0 radical (unpaired) electrons. The fourth-order valence-electron chi connectivity index (χ4n) is 2.19. The lowest BCUT2D eigenvalue weighted by Gasteiger charge is -2.10. The van der Waals surface area contributed by atoms with Gasteiger partial charge in [-0.05, 0) is 40.5 Å². The van der Waals surface area contributed by atoms with Crippen molar-refractivity contribution in [1.82, 2.24) is 9.97 Å². The molecule has 0 spiro atoms. The largest absolute Gasteiger partial charge is 0.490 e. The first kappa shape index (κ1) is 14.1. The first-order valence-corrected chi connectivity index (χ1v) is 7.67. The van der Waals surface area contributed by atoms with Gasteiger partial charge in [-0.3, -0.25) is 4.79 Å². The van der Waals surface area contributed by atoms with Crippen molar-refractivity contribution < 1.29 is 9.47 Å². The zero-order valence-electron chi connectivity index (χ0n) is 11.6. The van der Waals surface area contributed by atoms with E-state index in [0.717, 1.165) is 23.4 Å². The third-order valence-corrected chi connectivity index (χ3v) is 4.11. The van der Waals surface area contributed by atoms with Crippen molar-refractivity contribution in [3.8, 4) is 22.9 Å². The molecule has 0 saturated heterocycles. The molecule has 1 aromatic carbocycles. The molecule has 1 aromatic heterocycles. The first-order valence-electron chi connectivity index (χ1n) is 6.87. The lowest BCUT2D eigenvalue weighted by atomic mass is 10.2. The number of nitrogens with zero attached hydrogens (tertiary/aromatic N) is 1. The average molecular weight is 351 g/mol. The van der Waals surface area contributed by atoms with Crippen LogP contribution >= 0.6 is 15.9 Å². The summed E-state index contributed by atoms with van der Waals surface area (Å²) in [7, 11) is 0. The maximum atomic E-state index is 11.9. The van der Waals surface area contributed by atoms with Gasteiger partial charge in [-0.15, -0.1) is 0 Å². The van der Waals surface area contributed by atoms with E-state index in [1.54, 1.807) is 0 Å². The van der Waals surface area contributed by atoms with E-state index in [1.807, 2.05) is 25.1 Å². The Kier molecular flexibility index (Phi) is 3.96. The molecule has 0 saturated carbocycles. The fourth-order valence-corrected chi connectivity index (χ4v) is 2.66. The van der Waals surface area contributed by atoms with Crippen molar-refractivity contribution >= 4 is 15.9 Å². The molecule has 0 aliphatic carbocycles. The molecule has 0 bridgehead atoms. The molecule has 0 atom stereocenters. The number of aromatic amines is 1. The van der Waals surface area contributed by atoms with E-state index < -0.39 is 0 Å². The highest BCUT2D eigenvalue weighted by molar-refractivity contribution is 9.10. The zero-order chi connectivity index (χ0) is 14.8. The number of halogens is 1. The minimum atomic E-state index is -0.177. The third kappa shape index (κ3) is 2.81. The van der Waals surface area contributed by atoms with Crippen molar-refractivity contribution in [3.05, 3.63) is 38.7 Å². The lowest BCUT2D eigenvalue weighted by Crippen LogP contribution is -2.13. The number of hydrogen-bond donors (Lipinski definition) is 1. The fraction of sp³-hybridized carbons (Fsp3) is 0.333. The molecule has 0 amide bonds. The Labute approximate surface area is 130 Å². The van der Waals surface area contributed by atoms with Crippen molar-refractivity contribution in [2.75, 3.05) is 13.2 Å². The van der Waals surface area contributed by atoms with E-state index in [9.17, 15) is 4.79 Å². The molecular formula is C15H15BrN2O3. The second-order valence-corrected chi connectivity index (χ2v) is 5.53. The Morgan fingerprint density at radius 2 is 2.05 bits per heavy atom. The molecule has 1 aliphatic heterocycles. The maximum absolute atomic E-state index is 11.9. The van der Waals surface area contributed by atoms with E-state index in [-0.39, 0.29) is 5.56 Å². The molecule has 0 fully saturated rings. The van der Waals surface area contributed by atoms with Crippen LogP contribution in [0.25, 0.3) is 11.4 Å². The normalized spacial score (nSPS) is 13.8. The molecule has 21 heavy (non-hydrogen) atoms. The molecule has 2 heterocycles. The van der Waals surface area contributed by atoms with Gasteiger partial charge in [-0.1, -0.05) is 6.92 Å². The third-order valence-electron chi connectivity index (χ3n) is 3.29. The SMILES string of the molecule is CCc1nc(-c2ccc3c(c2)OCCCO3)[nH]c(=O)c1Br. The van der Waals surface area contributed by atoms with Gasteiger partial charge in [0.05, 0.1) is 18.9 Å². The van der Waals surface area contributed by atoms with Crippen LogP contribution < -0.4 is 15.0 Å². The molecule has 1 N–H and O–H groups in total.